The molecule has 1 fully saturated rings. The SMILES string of the molecule is Cc1nc(-c2ccccc2)oc1-c1ccc2c(c1)NC(=O)C2=Cc1[nH]c(C)c(C(=O)N2CCN(C)CC2)c1C. The average molecular weight is 522 g/mol. The van der Waals surface area contributed by atoms with Crippen molar-refractivity contribution in [2.45, 2.75) is 20.8 Å². The fourth-order valence-electron chi connectivity index (χ4n) is 5.40. The van der Waals surface area contributed by atoms with Crippen LogP contribution < -0.4 is 5.32 Å². The van der Waals surface area contributed by atoms with E-state index in [2.05, 4.69) is 27.2 Å². The lowest BCUT2D eigenvalue weighted by Gasteiger charge is -2.32. The van der Waals surface area contributed by atoms with Gasteiger partial charge < -0.3 is 24.5 Å². The van der Waals surface area contributed by atoms with Gasteiger partial charge in [-0.1, -0.05) is 30.3 Å². The molecule has 2 aliphatic rings. The van der Waals surface area contributed by atoms with Crippen molar-refractivity contribution in [2.24, 2.45) is 0 Å². The number of hydrogen-bond donors (Lipinski definition) is 2. The second-order valence-electron chi connectivity index (χ2n) is 10.3. The molecule has 1 saturated heterocycles. The largest absolute Gasteiger partial charge is 0.436 e. The Morgan fingerprint density at radius 2 is 1.74 bits per heavy atom. The Morgan fingerprint density at radius 1 is 1.00 bits per heavy atom. The van der Waals surface area contributed by atoms with Crippen LogP contribution in [0.4, 0.5) is 5.69 Å². The minimum Gasteiger partial charge on any atom is -0.436 e. The van der Waals surface area contributed by atoms with Crippen molar-refractivity contribution in [1.82, 2.24) is 19.8 Å². The van der Waals surface area contributed by atoms with E-state index in [0.717, 1.165) is 58.1 Å². The molecule has 198 valence electrons. The molecule has 8 nitrogen and oxygen atoms in total. The number of hydrogen-bond acceptors (Lipinski definition) is 5. The van der Waals surface area contributed by atoms with Crippen LogP contribution in [0.3, 0.4) is 0 Å². The smallest absolute Gasteiger partial charge is 0.256 e. The van der Waals surface area contributed by atoms with Crippen LogP contribution in [0.25, 0.3) is 34.4 Å². The monoisotopic (exact) mass is 521 g/mol. The first-order valence-corrected chi connectivity index (χ1v) is 13.2. The molecule has 2 N–H and O–H groups in total. The van der Waals surface area contributed by atoms with E-state index < -0.39 is 0 Å². The summed E-state index contributed by atoms with van der Waals surface area (Å²) in [5.74, 6) is 1.09. The van der Waals surface area contributed by atoms with Gasteiger partial charge in [0.15, 0.2) is 5.76 Å². The minimum atomic E-state index is -0.181. The maximum atomic E-state index is 13.3. The highest BCUT2D eigenvalue weighted by Gasteiger charge is 2.28. The number of benzene rings is 2. The number of aromatic amines is 1. The predicted octanol–water partition coefficient (Wildman–Crippen LogP) is 5.14. The highest BCUT2D eigenvalue weighted by molar-refractivity contribution is 6.35. The average Bonchev–Trinajstić information content (AvgIpc) is 3.56. The van der Waals surface area contributed by atoms with E-state index in [9.17, 15) is 9.59 Å². The van der Waals surface area contributed by atoms with E-state index in [4.69, 9.17) is 4.42 Å². The summed E-state index contributed by atoms with van der Waals surface area (Å²) in [5.41, 5.74) is 7.74. The number of aromatic nitrogens is 2. The number of amides is 2. The lowest BCUT2D eigenvalue weighted by Crippen LogP contribution is -2.47. The Labute approximate surface area is 227 Å². The van der Waals surface area contributed by atoms with E-state index in [1.165, 1.54) is 0 Å². The third-order valence-electron chi connectivity index (χ3n) is 7.65. The summed E-state index contributed by atoms with van der Waals surface area (Å²) >= 11 is 0. The fourth-order valence-corrected chi connectivity index (χ4v) is 5.40. The number of H-pyrrole nitrogens is 1. The Kier molecular flexibility index (Phi) is 6.19. The molecule has 4 heterocycles. The van der Waals surface area contributed by atoms with Crippen molar-refractivity contribution in [1.29, 1.82) is 0 Å². The summed E-state index contributed by atoms with van der Waals surface area (Å²) in [6.07, 6.45) is 1.84. The number of rotatable bonds is 4. The van der Waals surface area contributed by atoms with Crippen molar-refractivity contribution in [3.63, 3.8) is 0 Å². The number of nitrogens with zero attached hydrogens (tertiary/aromatic N) is 3. The second kappa shape index (κ2) is 9.71. The number of likely N-dealkylation sites (N-methyl/N-ethyl adjacent to an activating group) is 1. The molecule has 0 aliphatic carbocycles. The predicted molar refractivity (Wildman–Crippen MR) is 152 cm³/mol. The molecule has 39 heavy (non-hydrogen) atoms. The van der Waals surface area contributed by atoms with Gasteiger partial charge in [-0.3, -0.25) is 9.59 Å². The van der Waals surface area contributed by atoms with E-state index in [1.54, 1.807) is 0 Å². The number of carbonyl (C=O) groups is 2. The van der Waals surface area contributed by atoms with E-state index in [0.29, 0.717) is 35.9 Å². The lowest BCUT2D eigenvalue weighted by molar-refractivity contribution is -0.110. The molecule has 0 saturated carbocycles. The van der Waals surface area contributed by atoms with Crippen molar-refractivity contribution < 1.29 is 14.0 Å². The van der Waals surface area contributed by atoms with Crippen LogP contribution in [-0.4, -0.2) is 64.8 Å². The normalized spacial score (nSPS) is 16.6. The van der Waals surface area contributed by atoms with Gasteiger partial charge in [0.05, 0.1) is 16.8 Å². The lowest BCUT2D eigenvalue weighted by atomic mass is 10.0. The molecule has 4 aromatic rings. The quantitative estimate of drug-likeness (QED) is 0.363. The van der Waals surface area contributed by atoms with Crippen LogP contribution >= 0.6 is 0 Å². The number of nitrogens with one attached hydrogen (secondary N) is 2. The Hall–Kier alpha value is -4.43. The van der Waals surface area contributed by atoms with Crippen LogP contribution in [0.1, 0.15) is 38.6 Å². The molecule has 0 bridgehead atoms. The molecule has 0 radical (unpaired) electrons. The Bertz CT molecular complexity index is 1620. The molecule has 0 unspecified atom stereocenters. The summed E-state index contributed by atoms with van der Waals surface area (Å²) in [4.78, 5) is 38.5. The number of oxazole rings is 1. The third-order valence-corrected chi connectivity index (χ3v) is 7.65. The van der Waals surface area contributed by atoms with Gasteiger partial charge >= 0.3 is 0 Å². The van der Waals surface area contributed by atoms with E-state index in [1.807, 2.05) is 80.3 Å². The molecule has 2 aromatic carbocycles. The molecular formula is C31H31N5O3. The van der Waals surface area contributed by atoms with Crippen LogP contribution in [-0.2, 0) is 4.79 Å². The van der Waals surface area contributed by atoms with Crippen LogP contribution in [0.5, 0.6) is 0 Å². The summed E-state index contributed by atoms with van der Waals surface area (Å²) in [6.45, 7) is 8.93. The van der Waals surface area contributed by atoms with Crippen LogP contribution in [0.15, 0.2) is 52.9 Å². The number of piperazine rings is 1. The zero-order valence-electron chi connectivity index (χ0n) is 22.6. The maximum Gasteiger partial charge on any atom is 0.256 e. The summed E-state index contributed by atoms with van der Waals surface area (Å²) in [5, 5.41) is 2.99. The van der Waals surface area contributed by atoms with Gasteiger partial charge in [-0.05, 0) is 57.7 Å². The zero-order chi connectivity index (χ0) is 27.3. The summed E-state index contributed by atoms with van der Waals surface area (Å²) in [7, 11) is 2.07. The number of anilines is 1. The topological polar surface area (TPSA) is 94.5 Å². The molecule has 0 atom stereocenters. The number of carbonyl (C=O) groups excluding carboxylic acids is 2. The molecule has 0 spiro atoms. The van der Waals surface area contributed by atoms with E-state index >= 15 is 0 Å². The second-order valence-corrected chi connectivity index (χ2v) is 10.3. The van der Waals surface area contributed by atoms with Gasteiger partial charge in [-0.25, -0.2) is 4.98 Å². The van der Waals surface area contributed by atoms with Gasteiger partial charge in [0.1, 0.15) is 0 Å². The maximum absolute atomic E-state index is 13.3. The van der Waals surface area contributed by atoms with Crippen molar-refractivity contribution >= 4 is 29.2 Å². The van der Waals surface area contributed by atoms with Crippen molar-refractivity contribution in [3.05, 3.63) is 82.3 Å². The summed E-state index contributed by atoms with van der Waals surface area (Å²) < 4.78 is 6.12. The van der Waals surface area contributed by atoms with E-state index in [-0.39, 0.29) is 11.8 Å². The van der Waals surface area contributed by atoms with Gasteiger partial charge in [-0.15, -0.1) is 0 Å². The minimum absolute atomic E-state index is 0.0391. The first-order chi connectivity index (χ1) is 18.8. The first-order valence-electron chi connectivity index (χ1n) is 13.2. The molecule has 2 aromatic heterocycles. The van der Waals surface area contributed by atoms with Crippen molar-refractivity contribution in [3.8, 4) is 22.8 Å². The van der Waals surface area contributed by atoms with Crippen LogP contribution in [0, 0.1) is 20.8 Å². The standard InChI is InChI=1S/C31H31N5O3/c1-18-25(32-19(2)27(18)31(38)36-14-12-35(4)13-15-36)17-24-23-11-10-22(16-26(23)34-29(24)37)28-20(3)33-30(39-28)21-8-6-5-7-9-21/h5-11,16-17,32H,12-15H2,1-4H3,(H,34,37). The van der Waals surface area contributed by atoms with Crippen molar-refractivity contribution in [2.75, 3.05) is 38.5 Å². The number of aryl methyl sites for hydroxylation is 2. The highest BCUT2D eigenvalue weighted by atomic mass is 16.4. The molecular weight excluding hydrogens is 490 g/mol. The Balaban J connectivity index is 1.30. The first kappa shape index (κ1) is 24.9. The van der Waals surface area contributed by atoms with Gasteiger partial charge in [0.25, 0.3) is 11.8 Å². The summed E-state index contributed by atoms with van der Waals surface area (Å²) in [6, 6.07) is 15.6. The van der Waals surface area contributed by atoms with Gasteiger partial charge in [0.2, 0.25) is 5.89 Å². The molecule has 2 aliphatic heterocycles. The highest BCUT2D eigenvalue weighted by Crippen LogP contribution is 2.38. The Morgan fingerprint density at radius 3 is 2.49 bits per heavy atom. The fraction of sp³-hybridized carbons (Fsp3) is 0.258. The third kappa shape index (κ3) is 4.46. The molecule has 6 rings (SSSR count). The molecule has 8 heteroatoms. The molecule has 2 amide bonds. The zero-order valence-corrected chi connectivity index (χ0v) is 22.6. The van der Waals surface area contributed by atoms with Crippen LogP contribution in [0.2, 0.25) is 0 Å². The van der Waals surface area contributed by atoms with Gasteiger partial charge in [-0.2, -0.15) is 0 Å². The van der Waals surface area contributed by atoms with Gasteiger partial charge in [0, 0.05) is 59.9 Å². The number of fused-ring (bicyclic) bond motifs is 1.